The lowest BCUT2D eigenvalue weighted by Gasteiger charge is -2.16. The zero-order chi connectivity index (χ0) is 15.0. The van der Waals surface area contributed by atoms with Crippen LogP contribution in [0.1, 0.15) is 15.9 Å². The fraction of sp³-hybridized carbons (Fsp3) is 0.188. The molecular formula is C16H14FNO3. The molecule has 1 amide bonds. The van der Waals surface area contributed by atoms with Gasteiger partial charge in [-0.05, 0) is 35.9 Å². The van der Waals surface area contributed by atoms with Gasteiger partial charge >= 0.3 is 0 Å². The van der Waals surface area contributed by atoms with Gasteiger partial charge in [0, 0.05) is 5.69 Å². The molecule has 0 saturated heterocycles. The summed E-state index contributed by atoms with van der Waals surface area (Å²) < 4.78 is 24.3. The first-order valence-corrected chi connectivity index (χ1v) is 6.47. The van der Waals surface area contributed by atoms with E-state index in [4.69, 9.17) is 9.47 Å². The number of hydrogen-bond donors (Lipinski definition) is 0. The molecule has 1 aliphatic rings. The van der Waals surface area contributed by atoms with Gasteiger partial charge in [-0.15, -0.1) is 0 Å². The number of methoxy groups -OCH3 is 2. The Balaban J connectivity index is 1.98. The van der Waals surface area contributed by atoms with Crippen molar-refractivity contribution in [3.8, 4) is 11.5 Å². The maximum absolute atomic E-state index is 14.2. The molecule has 21 heavy (non-hydrogen) atoms. The van der Waals surface area contributed by atoms with Crippen molar-refractivity contribution in [2.75, 3.05) is 19.1 Å². The number of hydrogen-bond acceptors (Lipinski definition) is 3. The van der Waals surface area contributed by atoms with Gasteiger partial charge in [0.15, 0.2) is 11.6 Å². The standard InChI is InChI=1S/C16H14FNO3/c1-20-12-6-4-11(5-7-12)18-9-10-3-8-13(21-2)15(17)14(10)16(18)19/h3-8H,9H2,1-2H3. The zero-order valence-corrected chi connectivity index (χ0v) is 11.7. The molecule has 108 valence electrons. The van der Waals surface area contributed by atoms with Gasteiger partial charge in [-0.1, -0.05) is 6.07 Å². The number of anilines is 1. The lowest BCUT2D eigenvalue weighted by molar-refractivity contribution is 0.0992. The van der Waals surface area contributed by atoms with Crippen molar-refractivity contribution in [1.82, 2.24) is 0 Å². The Hall–Kier alpha value is -2.56. The van der Waals surface area contributed by atoms with Gasteiger partial charge in [0.05, 0.1) is 26.3 Å². The predicted octanol–water partition coefficient (Wildman–Crippen LogP) is 3.00. The van der Waals surface area contributed by atoms with E-state index in [0.717, 1.165) is 0 Å². The summed E-state index contributed by atoms with van der Waals surface area (Å²) in [6, 6.07) is 10.3. The highest BCUT2D eigenvalue weighted by Gasteiger charge is 2.33. The fourth-order valence-electron chi connectivity index (χ4n) is 2.47. The Kier molecular flexibility index (Phi) is 3.25. The van der Waals surface area contributed by atoms with Crippen LogP contribution in [0.15, 0.2) is 36.4 Å². The quantitative estimate of drug-likeness (QED) is 0.871. The summed E-state index contributed by atoms with van der Waals surface area (Å²) in [6.45, 7) is 0.349. The van der Waals surface area contributed by atoms with Crippen LogP contribution in [0.25, 0.3) is 0 Å². The Morgan fingerprint density at radius 1 is 1.05 bits per heavy atom. The van der Waals surface area contributed by atoms with Crippen LogP contribution >= 0.6 is 0 Å². The van der Waals surface area contributed by atoms with Gasteiger partial charge in [0.25, 0.3) is 5.91 Å². The third-order valence-electron chi connectivity index (χ3n) is 3.58. The molecule has 0 spiro atoms. The summed E-state index contributed by atoms with van der Waals surface area (Å²) in [5.41, 5.74) is 1.45. The van der Waals surface area contributed by atoms with E-state index in [2.05, 4.69) is 0 Å². The highest BCUT2D eigenvalue weighted by molar-refractivity contribution is 6.10. The van der Waals surface area contributed by atoms with Crippen molar-refractivity contribution >= 4 is 11.6 Å². The largest absolute Gasteiger partial charge is 0.497 e. The van der Waals surface area contributed by atoms with E-state index in [1.54, 1.807) is 43.5 Å². The summed E-state index contributed by atoms with van der Waals surface area (Å²) >= 11 is 0. The number of nitrogens with zero attached hydrogens (tertiary/aromatic N) is 1. The van der Waals surface area contributed by atoms with Gasteiger partial charge in [0.2, 0.25) is 0 Å². The third-order valence-corrected chi connectivity index (χ3v) is 3.58. The molecule has 2 aromatic rings. The molecule has 0 N–H and O–H groups in total. The SMILES string of the molecule is COc1ccc(N2Cc3ccc(OC)c(F)c3C2=O)cc1. The summed E-state index contributed by atoms with van der Waals surface area (Å²) in [7, 11) is 2.96. The number of fused-ring (bicyclic) bond motifs is 1. The molecule has 0 atom stereocenters. The van der Waals surface area contributed by atoms with Crippen LogP contribution in [-0.4, -0.2) is 20.1 Å². The monoisotopic (exact) mass is 287 g/mol. The molecule has 0 aliphatic carbocycles. The molecule has 4 nitrogen and oxygen atoms in total. The number of halogens is 1. The van der Waals surface area contributed by atoms with E-state index in [0.29, 0.717) is 23.5 Å². The predicted molar refractivity (Wildman–Crippen MR) is 76.5 cm³/mol. The van der Waals surface area contributed by atoms with Crippen molar-refractivity contribution < 1.29 is 18.7 Å². The number of carbonyl (C=O) groups is 1. The third kappa shape index (κ3) is 2.11. The van der Waals surface area contributed by atoms with E-state index in [9.17, 15) is 9.18 Å². The second-order valence-corrected chi connectivity index (χ2v) is 4.71. The Morgan fingerprint density at radius 3 is 2.38 bits per heavy atom. The molecule has 0 bridgehead atoms. The molecule has 1 aliphatic heterocycles. The number of amides is 1. The molecule has 0 fully saturated rings. The molecule has 0 aromatic heterocycles. The van der Waals surface area contributed by atoms with Gasteiger partial charge < -0.3 is 14.4 Å². The van der Waals surface area contributed by atoms with Crippen molar-refractivity contribution in [2.24, 2.45) is 0 Å². The van der Waals surface area contributed by atoms with Crippen LogP contribution < -0.4 is 14.4 Å². The van der Waals surface area contributed by atoms with Gasteiger partial charge in [0.1, 0.15) is 5.75 Å². The maximum atomic E-state index is 14.2. The summed E-state index contributed by atoms with van der Waals surface area (Å²) in [5.74, 6) is -0.169. The van der Waals surface area contributed by atoms with Crippen molar-refractivity contribution in [2.45, 2.75) is 6.54 Å². The normalized spacial score (nSPS) is 13.3. The molecule has 0 radical (unpaired) electrons. The van der Waals surface area contributed by atoms with Crippen molar-refractivity contribution in [3.05, 3.63) is 53.3 Å². The Bertz CT molecular complexity index is 697. The second kappa shape index (κ2) is 5.09. The van der Waals surface area contributed by atoms with Crippen LogP contribution in [0, 0.1) is 5.82 Å². The number of rotatable bonds is 3. The van der Waals surface area contributed by atoms with E-state index in [1.165, 1.54) is 12.0 Å². The second-order valence-electron chi connectivity index (χ2n) is 4.71. The smallest absolute Gasteiger partial charge is 0.262 e. The summed E-state index contributed by atoms with van der Waals surface area (Å²) in [5, 5.41) is 0. The molecule has 0 saturated carbocycles. The number of benzene rings is 2. The van der Waals surface area contributed by atoms with Gasteiger partial charge in [-0.2, -0.15) is 0 Å². The summed E-state index contributed by atoms with van der Waals surface area (Å²) in [6.07, 6.45) is 0. The van der Waals surface area contributed by atoms with Crippen molar-refractivity contribution in [3.63, 3.8) is 0 Å². The highest BCUT2D eigenvalue weighted by atomic mass is 19.1. The average molecular weight is 287 g/mol. The molecule has 0 unspecified atom stereocenters. The topological polar surface area (TPSA) is 38.8 Å². The first-order valence-electron chi connectivity index (χ1n) is 6.47. The van der Waals surface area contributed by atoms with E-state index in [-0.39, 0.29) is 17.2 Å². The molecule has 5 heteroatoms. The van der Waals surface area contributed by atoms with E-state index < -0.39 is 5.82 Å². The van der Waals surface area contributed by atoms with Gasteiger partial charge in [-0.3, -0.25) is 4.79 Å². The molecule has 2 aromatic carbocycles. The minimum atomic E-state index is -0.601. The molecular weight excluding hydrogens is 273 g/mol. The van der Waals surface area contributed by atoms with Gasteiger partial charge in [-0.25, -0.2) is 4.39 Å². The van der Waals surface area contributed by atoms with E-state index in [1.807, 2.05) is 0 Å². The Labute approximate surface area is 121 Å². The fourth-order valence-corrected chi connectivity index (χ4v) is 2.47. The van der Waals surface area contributed by atoms with Crippen LogP contribution in [0.5, 0.6) is 11.5 Å². The lowest BCUT2D eigenvalue weighted by Crippen LogP contribution is -2.23. The molecule has 1 heterocycles. The van der Waals surface area contributed by atoms with E-state index >= 15 is 0 Å². The van der Waals surface area contributed by atoms with Crippen LogP contribution in [0.4, 0.5) is 10.1 Å². The minimum absolute atomic E-state index is 0.0821. The Morgan fingerprint density at radius 2 is 1.76 bits per heavy atom. The first-order chi connectivity index (χ1) is 10.2. The average Bonchev–Trinajstić information content (AvgIpc) is 2.85. The molecule has 3 rings (SSSR count). The maximum Gasteiger partial charge on any atom is 0.262 e. The van der Waals surface area contributed by atoms with Crippen LogP contribution in [0.3, 0.4) is 0 Å². The van der Waals surface area contributed by atoms with Crippen LogP contribution in [0.2, 0.25) is 0 Å². The van der Waals surface area contributed by atoms with Crippen molar-refractivity contribution in [1.29, 1.82) is 0 Å². The number of ether oxygens (including phenoxy) is 2. The van der Waals surface area contributed by atoms with Crippen LogP contribution in [-0.2, 0) is 6.54 Å². The first kappa shape index (κ1) is 13.4. The lowest BCUT2D eigenvalue weighted by atomic mass is 10.1. The number of carbonyl (C=O) groups excluding carboxylic acids is 1. The highest BCUT2D eigenvalue weighted by Crippen LogP contribution is 2.34. The summed E-state index contributed by atoms with van der Waals surface area (Å²) in [4.78, 5) is 14.0. The zero-order valence-electron chi connectivity index (χ0n) is 11.7. The minimum Gasteiger partial charge on any atom is -0.497 e.